The van der Waals surface area contributed by atoms with Gasteiger partial charge < -0.3 is 10.4 Å². The van der Waals surface area contributed by atoms with Crippen LogP contribution in [0.5, 0.6) is 0 Å². The Kier molecular flexibility index (Phi) is 3.77. The summed E-state index contributed by atoms with van der Waals surface area (Å²) in [6.07, 6.45) is 1.89. The fraction of sp³-hybridized carbons (Fsp3) is 0.500. The molecule has 0 spiro atoms. The van der Waals surface area contributed by atoms with Gasteiger partial charge in [-0.3, -0.25) is 14.3 Å². The molecule has 1 unspecified atom stereocenters. The van der Waals surface area contributed by atoms with E-state index in [-0.39, 0.29) is 18.0 Å². The van der Waals surface area contributed by atoms with Crippen molar-refractivity contribution in [2.75, 3.05) is 13.1 Å². The molecule has 110 valence electrons. The summed E-state index contributed by atoms with van der Waals surface area (Å²) in [5, 5.41) is 15.1. The van der Waals surface area contributed by atoms with Gasteiger partial charge in [-0.25, -0.2) is 8.42 Å². The molecule has 0 aliphatic carbocycles. The van der Waals surface area contributed by atoms with Gasteiger partial charge in [-0.05, 0) is 0 Å². The van der Waals surface area contributed by atoms with Gasteiger partial charge in [-0.2, -0.15) is 9.40 Å². The number of amides is 1. The largest absolute Gasteiger partial charge is 0.481 e. The van der Waals surface area contributed by atoms with Gasteiger partial charge >= 0.3 is 5.97 Å². The molecule has 2 N–H and O–H groups in total. The van der Waals surface area contributed by atoms with Crippen LogP contribution < -0.4 is 5.32 Å². The molecule has 1 aliphatic rings. The average Bonchev–Trinajstić information content (AvgIpc) is 2.78. The van der Waals surface area contributed by atoms with Crippen LogP contribution in [0, 0.1) is 0 Å². The van der Waals surface area contributed by atoms with Gasteiger partial charge in [0, 0.05) is 26.3 Å². The SMILES string of the molecule is Cn1cc(S(=O)(=O)N2CCNC(=O)C2CC(=O)O)cn1. The van der Waals surface area contributed by atoms with Crippen molar-refractivity contribution in [3.05, 3.63) is 12.4 Å². The summed E-state index contributed by atoms with van der Waals surface area (Å²) >= 11 is 0. The molecule has 1 aromatic rings. The van der Waals surface area contributed by atoms with E-state index in [9.17, 15) is 18.0 Å². The monoisotopic (exact) mass is 302 g/mol. The number of rotatable bonds is 4. The Labute approximate surface area is 115 Å². The topological polar surface area (TPSA) is 122 Å². The fourth-order valence-corrected chi connectivity index (χ4v) is 3.58. The number of carbonyl (C=O) groups excluding carboxylic acids is 1. The van der Waals surface area contributed by atoms with E-state index in [1.807, 2.05) is 0 Å². The molecule has 1 amide bonds. The zero-order chi connectivity index (χ0) is 14.9. The van der Waals surface area contributed by atoms with E-state index in [2.05, 4.69) is 10.4 Å². The van der Waals surface area contributed by atoms with Crippen LogP contribution in [0.2, 0.25) is 0 Å². The van der Waals surface area contributed by atoms with E-state index >= 15 is 0 Å². The molecule has 1 fully saturated rings. The Hall–Kier alpha value is -1.94. The zero-order valence-corrected chi connectivity index (χ0v) is 11.5. The maximum Gasteiger partial charge on any atom is 0.305 e. The van der Waals surface area contributed by atoms with E-state index < -0.39 is 34.4 Å². The Morgan fingerprint density at radius 1 is 1.60 bits per heavy atom. The van der Waals surface area contributed by atoms with Crippen LogP contribution >= 0.6 is 0 Å². The quantitative estimate of drug-likeness (QED) is 0.689. The molecule has 1 aromatic heterocycles. The highest BCUT2D eigenvalue weighted by molar-refractivity contribution is 7.89. The number of sulfonamides is 1. The van der Waals surface area contributed by atoms with E-state index in [0.29, 0.717) is 0 Å². The molecule has 1 aliphatic heterocycles. The number of carboxylic acids is 1. The van der Waals surface area contributed by atoms with Gasteiger partial charge in [0.15, 0.2) is 0 Å². The summed E-state index contributed by atoms with van der Waals surface area (Å²) in [5.41, 5.74) is 0. The maximum atomic E-state index is 12.4. The van der Waals surface area contributed by atoms with Crippen LogP contribution in [-0.4, -0.2) is 58.6 Å². The molecular weight excluding hydrogens is 288 g/mol. The summed E-state index contributed by atoms with van der Waals surface area (Å²) in [6.45, 7) is 0.176. The first-order chi connectivity index (χ1) is 9.32. The molecule has 2 rings (SSSR count). The van der Waals surface area contributed by atoms with Gasteiger partial charge in [0.05, 0.1) is 12.6 Å². The van der Waals surface area contributed by atoms with Gasteiger partial charge in [0.2, 0.25) is 15.9 Å². The third-order valence-electron chi connectivity index (χ3n) is 2.94. The Morgan fingerprint density at radius 2 is 2.30 bits per heavy atom. The number of nitrogens with one attached hydrogen (secondary N) is 1. The number of carbonyl (C=O) groups is 2. The van der Waals surface area contributed by atoms with Crippen molar-refractivity contribution in [1.82, 2.24) is 19.4 Å². The standard InChI is InChI=1S/C10H14N4O5S/c1-13-6-7(5-12-13)20(18,19)14-3-2-11-10(17)8(14)4-9(15)16/h5-6,8H,2-4H2,1H3,(H,11,17)(H,15,16). The number of carboxylic acid groups (broad SMARTS) is 1. The van der Waals surface area contributed by atoms with E-state index in [4.69, 9.17) is 5.11 Å². The molecule has 10 heteroatoms. The third-order valence-corrected chi connectivity index (χ3v) is 4.80. The van der Waals surface area contributed by atoms with Gasteiger partial charge in [0.1, 0.15) is 10.9 Å². The lowest BCUT2D eigenvalue weighted by molar-refractivity contribution is -0.141. The van der Waals surface area contributed by atoms with Gasteiger partial charge in [-0.1, -0.05) is 0 Å². The number of piperazine rings is 1. The highest BCUT2D eigenvalue weighted by atomic mass is 32.2. The smallest absolute Gasteiger partial charge is 0.305 e. The average molecular weight is 302 g/mol. The molecule has 20 heavy (non-hydrogen) atoms. The molecule has 0 bridgehead atoms. The Morgan fingerprint density at radius 3 is 2.85 bits per heavy atom. The lowest BCUT2D eigenvalue weighted by Gasteiger charge is -2.32. The van der Waals surface area contributed by atoms with Crippen molar-refractivity contribution >= 4 is 21.9 Å². The summed E-state index contributed by atoms with van der Waals surface area (Å²) in [5.74, 6) is -1.84. The van der Waals surface area contributed by atoms with Crippen LogP contribution in [-0.2, 0) is 26.7 Å². The maximum absolute atomic E-state index is 12.4. The van der Waals surface area contributed by atoms with Crippen LogP contribution in [0.3, 0.4) is 0 Å². The van der Waals surface area contributed by atoms with Crippen molar-refractivity contribution < 1.29 is 23.1 Å². The lowest BCUT2D eigenvalue weighted by Crippen LogP contribution is -2.57. The second-order valence-electron chi connectivity index (χ2n) is 4.37. The van der Waals surface area contributed by atoms with Crippen LogP contribution in [0.4, 0.5) is 0 Å². The predicted molar refractivity (Wildman–Crippen MR) is 66.2 cm³/mol. The van der Waals surface area contributed by atoms with Gasteiger partial charge in [0.25, 0.3) is 0 Å². The summed E-state index contributed by atoms with van der Waals surface area (Å²) in [4.78, 5) is 22.5. The van der Waals surface area contributed by atoms with Crippen molar-refractivity contribution in [2.45, 2.75) is 17.4 Å². The predicted octanol–water partition coefficient (Wildman–Crippen LogP) is -1.62. The third kappa shape index (κ3) is 2.65. The van der Waals surface area contributed by atoms with Crippen molar-refractivity contribution in [1.29, 1.82) is 0 Å². The molecule has 0 aromatic carbocycles. The minimum atomic E-state index is -3.94. The van der Waals surface area contributed by atoms with Crippen molar-refractivity contribution in [2.24, 2.45) is 7.05 Å². The molecule has 2 heterocycles. The number of aryl methyl sites for hydroxylation is 1. The lowest BCUT2D eigenvalue weighted by atomic mass is 10.1. The molecule has 9 nitrogen and oxygen atoms in total. The minimum Gasteiger partial charge on any atom is -0.481 e. The first-order valence-corrected chi connectivity index (χ1v) is 7.26. The second kappa shape index (κ2) is 5.21. The van der Waals surface area contributed by atoms with E-state index in [1.165, 1.54) is 17.1 Å². The summed E-state index contributed by atoms with van der Waals surface area (Å²) in [7, 11) is -2.38. The number of hydrogen-bond donors (Lipinski definition) is 2. The van der Waals surface area contributed by atoms with Crippen molar-refractivity contribution in [3.63, 3.8) is 0 Å². The molecule has 1 saturated heterocycles. The normalized spacial score (nSPS) is 20.6. The highest BCUT2D eigenvalue weighted by Gasteiger charge is 2.40. The van der Waals surface area contributed by atoms with Crippen LogP contribution in [0.1, 0.15) is 6.42 Å². The van der Waals surface area contributed by atoms with Crippen molar-refractivity contribution in [3.8, 4) is 0 Å². The molecule has 0 radical (unpaired) electrons. The van der Waals surface area contributed by atoms with Crippen LogP contribution in [0.25, 0.3) is 0 Å². The Balaban J connectivity index is 2.36. The van der Waals surface area contributed by atoms with E-state index in [0.717, 1.165) is 4.31 Å². The molecule has 0 saturated carbocycles. The summed E-state index contributed by atoms with van der Waals surface area (Å²) < 4.78 is 27.1. The van der Waals surface area contributed by atoms with Crippen LogP contribution in [0.15, 0.2) is 17.3 Å². The first kappa shape index (κ1) is 14.5. The zero-order valence-electron chi connectivity index (χ0n) is 10.7. The minimum absolute atomic E-state index is 0.0287. The number of aliphatic carboxylic acids is 1. The van der Waals surface area contributed by atoms with Gasteiger partial charge in [-0.15, -0.1) is 0 Å². The summed E-state index contributed by atoms with van der Waals surface area (Å²) in [6, 6.07) is -1.24. The number of nitrogens with zero attached hydrogens (tertiary/aromatic N) is 3. The number of aromatic nitrogens is 2. The number of hydrogen-bond acceptors (Lipinski definition) is 5. The molecular formula is C10H14N4O5S. The fourth-order valence-electron chi connectivity index (χ4n) is 2.01. The first-order valence-electron chi connectivity index (χ1n) is 5.82. The highest BCUT2D eigenvalue weighted by Crippen LogP contribution is 2.20. The van der Waals surface area contributed by atoms with E-state index in [1.54, 1.807) is 7.05 Å². The second-order valence-corrected chi connectivity index (χ2v) is 6.26. The molecule has 1 atom stereocenters. The Bertz CT molecular complexity index is 638.